The normalized spacial score (nSPS) is 21.3. The lowest BCUT2D eigenvalue weighted by molar-refractivity contribution is -0.117. The van der Waals surface area contributed by atoms with Gasteiger partial charge in [-0.2, -0.15) is 0 Å². The summed E-state index contributed by atoms with van der Waals surface area (Å²) in [6, 6.07) is 9.24. The van der Waals surface area contributed by atoms with Gasteiger partial charge in [-0.15, -0.1) is 0 Å². The Labute approximate surface area is 224 Å². The van der Waals surface area contributed by atoms with Crippen LogP contribution < -0.4 is 21.3 Å². The van der Waals surface area contributed by atoms with Gasteiger partial charge < -0.3 is 26.2 Å². The van der Waals surface area contributed by atoms with Gasteiger partial charge in [0.15, 0.2) is 11.5 Å². The third kappa shape index (κ3) is 6.15. The van der Waals surface area contributed by atoms with Crippen molar-refractivity contribution in [3.63, 3.8) is 0 Å². The second kappa shape index (κ2) is 11.9. The third-order valence-electron chi connectivity index (χ3n) is 8.29. The van der Waals surface area contributed by atoms with Gasteiger partial charge in [-0.25, -0.2) is 9.97 Å². The fourth-order valence-electron chi connectivity index (χ4n) is 6.21. The lowest BCUT2D eigenvalue weighted by Gasteiger charge is -2.36. The number of carbonyl (C=O) groups is 2. The number of nitrogens with one attached hydrogen (secondary N) is 2. The molecule has 0 bridgehead atoms. The zero-order chi connectivity index (χ0) is 26.5. The van der Waals surface area contributed by atoms with Gasteiger partial charge in [0.25, 0.3) is 5.91 Å². The summed E-state index contributed by atoms with van der Waals surface area (Å²) in [6.45, 7) is 7.31. The lowest BCUT2D eigenvalue weighted by Crippen LogP contribution is -2.47. The lowest BCUT2D eigenvalue weighted by atomic mass is 9.88. The Hall–Kier alpha value is -3.46. The van der Waals surface area contributed by atoms with Crippen LogP contribution in [0.3, 0.4) is 0 Å². The number of anilines is 3. The number of aromatic nitrogens is 2. The van der Waals surface area contributed by atoms with E-state index in [0.29, 0.717) is 24.1 Å². The van der Waals surface area contributed by atoms with Crippen LogP contribution in [-0.4, -0.2) is 64.9 Å². The van der Waals surface area contributed by atoms with E-state index in [1.54, 1.807) is 6.20 Å². The predicted molar refractivity (Wildman–Crippen MR) is 150 cm³/mol. The Bertz CT molecular complexity index is 1140. The van der Waals surface area contributed by atoms with E-state index in [0.717, 1.165) is 31.1 Å². The molecular weight excluding hydrogens is 478 g/mol. The second-order valence-corrected chi connectivity index (χ2v) is 10.8. The molecule has 0 unspecified atom stereocenters. The second-order valence-electron chi connectivity index (χ2n) is 10.8. The zero-order valence-electron chi connectivity index (χ0n) is 22.1. The number of primary amides is 1. The Morgan fingerprint density at radius 1 is 1.00 bits per heavy atom. The topological polar surface area (TPSA) is 116 Å². The van der Waals surface area contributed by atoms with E-state index >= 15 is 0 Å². The van der Waals surface area contributed by atoms with E-state index in [4.69, 9.17) is 10.7 Å². The number of likely N-dealkylation sites (tertiary alicyclic amines) is 1. The van der Waals surface area contributed by atoms with Gasteiger partial charge >= 0.3 is 0 Å². The number of nitrogens with zero attached hydrogens (tertiary/aromatic N) is 4. The van der Waals surface area contributed by atoms with Gasteiger partial charge in [0.1, 0.15) is 5.82 Å². The summed E-state index contributed by atoms with van der Waals surface area (Å²) < 4.78 is 0. The molecule has 3 fully saturated rings. The number of amides is 2. The van der Waals surface area contributed by atoms with Gasteiger partial charge in [-0.05, 0) is 81.3 Å². The van der Waals surface area contributed by atoms with Gasteiger partial charge in [-0.3, -0.25) is 9.59 Å². The van der Waals surface area contributed by atoms with Crippen molar-refractivity contribution in [1.82, 2.24) is 20.2 Å². The Balaban J connectivity index is 1.25. The summed E-state index contributed by atoms with van der Waals surface area (Å²) in [5, 5.41) is 6.23. The molecule has 2 aromatic rings. The summed E-state index contributed by atoms with van der Waals surface area (Å²) in [4.78, 5) is 37.7. The van der Waals surface area contributed by atoms with Crippen molar-refractivity contribution in [1.29, 1.82) is 0 Å². The minimum atomic E-state index is -0.632. The summed E-state index contributed by atoms with van der Waals surface area (Å²) in [5.74, 6) is 0.745. The number of benzene rings is 1. The van der Waals surface area contributed by atoms with E-state index < -0.39 is 5.91 Å². The van der Waals surface area contributed by atoms with E-state index in [-0.39, 0.29) is 17.6 Å². The molecule has 202 valence electrons. The van der Waals surface area contributed by atoms with Crippen LogP contribution in [0.2, 0.25) is 0 Å². The minimum Gasteiger partial charge on any atom is -0.364 e. The number of nitrogens with two attached hydrogens (primary N) is 1. The maximum absolute atomic E-state index is 12.1. The van der Waals surface area contributed by atoms with Gasteiger partial charge in [-0.1, -0.05) is 31.6 Å². The number of hydrogen-bond donors (Lipinski definition) is 3. The Morgan fingerprint density at radius 3 is 2.42 bits per heavy atom. The summed E-state index contributed by atoms with van der Waals surface area (Å²) in [5.41, 5.74) is 7.91. The van der Waals surface area contributed by atoms with Gasteiger partial charge in [0.05, 0.1) is 6.20 Å². The molecule has 3 aliphatic rings. The highest BCUT2D eigenvalue weighted by molar-refractivity contribution is 5.96. The van der Waals surface area contributed by atoms with E-state index in [1.165, 1.54) is 63.3 Å². The monoisotopic (exact) mass is 517 g/mol. The molecule has 2 amide bonds. The molecule has 0 radical (unpaired) electrons. The van der Waals surface area contributed by atoms with Gasteiger partial charge in [0.2, 0.25) is 5.91 Å². The molecule has 1 aromatic heterocycles. The van der Waals surface area contributed by atoms with Crippen molar-refractivity contribution < 1.29 is 9.59 Å². The average Bonchev–Trinajstić information content (AvgIpc) is 3.49. The number of hydrogen-bond acceptors (Lipinski definition) is 7. The molecule has 1 atom stereocenters. The fourth-order valence-corrected chi connectivity index (χ4v) is 6.21. The van der Waals surface area contributed by atoms with Crippen LogP contribution in [0.1, 0.15) is 73.3 Å². The first kappa shape index (κ1) is 26.2. The van der Waals surface area contributed by atoms with Crippen LogP contribution in [0.15, 0.2) is 43.1 Å². The van der Waals surface area contributed by atoms with E-state index in [1.807, 2.05) is 12.1 Å². The SMILES string of the molecule is C=CC(=O)N[C@@H]1CCCN(c2cnc(C(N)=O)c(Nc3ccc(C4CCN(C5CCCC5)CC4)cc3)n2)C1. The first-order chi connectivity index (χ1) is 18.5. The third-order valence-corrected chi connectivity index (χ3v) is 8.29. The number of carbonyl (C=O) groups excluding carboxylic acids is 2. The van der Waals surface area contributed by atoms with E-state index in [9.17, 15) is 9.59 Å². The average molecular weight is 518 g/mol. The maximum Gasteiger partial charge on any atom is 0.271 e. The van der Waals surface area contributed by atoms with Crippen molar-refractivity contribution in [2.45, 2.75) is 69.4 Å². The molecule has 2 saturated heterocycles. The Kier molecular flexibility index (Phi) is 8.22. The molecule has 0 spiro atoms. The standard InChI is InChI=1S/C29H39N7O2/c1-2-26(37)32-23-6-5-15-36(19-23)25-18-31-27(28(30)38)29(34-25)33-22-11-9-20(10-12-22)21-13-16-35(17-14-21)24-7-3-4-8-24/h2,9-12,18,21,23-24H,1,3-8,13-17,19H2,(H2,30,38)(H,32,37)(H,33,34)/t23-/m1/s1. The summed E-state index contributed by atoms with van der Waals surface area (Å²) in [7, 11) is 0. The van der Waals surface area contributed by atoms with Crippen molar-refractivity contribution in [3.05, 3.63) is 54.4 Å². The molecule has 2 aliphatic heterocycles. The first-order valence-corrected chi connectivity index (χ1v) is 14.0. The Morgan fingerprint density at radius 2 is 1.74 bits per heavy atom. The van der Waals surface area contributed by atoms with Crippen LogP contribution in [0.25, 0.3) is 0 Å². The summed E-state index contributed by atoms with van der Waals surface area (Å²) in [6.07, 6.45) is 12.6. The first-order valence-electron chi connectivity index (χ1n) is 14.0. The van der Waals surface area contributed by atoms with Crippen LogP contribution in [0.4, 0.5) is 17.3 Å². The van der Waals surface area contributed by atoms with Crippen molar-refractivity contribution >= 4 is 29.1 Å². The molecule has 3 heterocycles. The van der Waals surface area contributed by atoms with Crippen molar-refractivity contribution in [3.8, 4) is 0 Å². The van der Waals surface area contributed by atoms with Crippen molar-refractivity contribution in [2.24, 2.45) is 5.73 Å². The maximum atomic E-state index is 12.1. The quantitative estimate of drug-likeness (QED) is 0.457. The molecular formula is C29H39N7O2. The number of piperidine rings is 2. The molecule has 1 saturated carbocycles. The van der Waals surface area contributed by atoms with Crippen LogP contribution in [0.5, 0.6) is 0 Å². The predicted octanol–water partition coefficient (Wildman–Crippen LogP) is 3.71. The molecule has 4 N–H and O–H groups in total. The zero-order valence-corrected chi connectivity index (χ0v) is 22.1. The molecule has 1 aliphatic carbocycles. The van der Waals surface area contributed by atoms with Crippen LogP contribution in [-0.2, 0) is 4.79 Å². The largest absolute Gasteiger partial charge is 0.364 e. The summed E-state index contributed by atoms with van der Waals surface area (Å²) >= 11 is 0. The number of rotatable bonds is 8. The van der Waals surface area contributed by atoms with Gasteiger partial charge in [0, 0.05) is 30.9 Å². The highest BCUT2D eigenvalue weighted by Crippen LogP contribution is 2.33. The molecule has 38 heavy (non-hydrogen) atoms. The van der Waals surface area contributed by atoms with Crippen LogP contribution in [0, 0.1) is 0 Å². The highest BCUT2D eigenvalue weighted by atomic mass is 16.2. The molecule has 1 aromatic carbocycles. The molecule has 5 rings (SSSR count). The fraction of sp³-hybridized carbons (Fsp3) is 0.517. The molecule has 9 heteroatoms. The van der Waals surface area contributed by atoms with Crippen molar-refractivity contribution in [2.75, 3.05) is 36.4 Å². The smallest absolute Gasteiger partial charge is 0.271 e. The minimum absolute atomic E-state index is 0.000788. The van der Waals surface area contributed by atoms with Crippen LogP contribution >= 0.6 is 0 Å². The van der Waals surface area contributed by atoms with E-state index in [2.05, 4.69) is 44.1 Å². The highest BCUT2D eigenvalue weighted by Gasteiger charge is 2.28. The molecule has 9 nitrogen and oxygen atoms in total.